The van der Waals surface area contributed by atoms with Crippen molar-refractivity contribution < 1.29 is 18.7 Å². The summed E-state index contributed by atoms with van der Waals surface area (Å²) >= 11 is 5.97. The lowest BCUT2D eigenvalue weighted by molar-refractivity contribution is -0.136. The minimum Gasteiger partial charge on any atom is -0.494 e. The van der Waals surface area contributed by atoms with E-state index in [1.54, 1.807) is 48.5 Å². The molecule has 2 amide bonds. The van der Waals surface area contributed by atoms with Crippen molar-refractivity contribution >= 4 is 35.3 Å². The highest BCUT2D eigenvalue weighted by Gasteiger charge is 2.13. The summed E-state index contributed by atoms with van der Waals surface area (Å²) in [7, 11) is 0. The second kappa shape index (κ2) is 9.57. The van der Waals surface area contributed by atoms with E-state index in [0.29, 0.717) is 34.6 Å². The number of rotatable bonds is 6. The van der Waals surface area contributed by atoms with Gasteiger partial charge in [0.1, 0.15) is 17.3 Å². The second-order valence-electron chi connectivity index (χ2n) is 5.82. The number of anilines is 1. The first-order valence-electron chi connectivity index (χ1n) is 8.78. The van der Waals surface area contributed by atoms with Crippen LogP contribution in [0.15, 0.2) is 70.2 Å². The smallest absolute Gasteiger partial charge is 0.329 e. The number of nitrogens with zero attached hydrogens (tertiary/aromatic N) is 1. The van der Waals surface area contributed by atoms with Gasteiger partial charge in [0, 0.05) is 16.3 Å². The van der Waals surface area contributed by atoms with E-state index in [2.05, 4.69) is 15.8 Å². The molecule has 0 fully saturated rings. The maximum absolute atomic E-state index is 11.9. The van der Waals surface area contributed by atoms with Gasteiger partial charge < -0.3 is 14.5 Å². The summed E-state index contributed by atoms with van der Waals surface area (Å²) in [5, 5.41) is 6.81. The third kappa shape index (κ3) is 5.70. The van der Waals surface area contributed by atoms with Gasteiger partial charge >= 0.3 is 11.8 Å². The molecule has 2 aromatic carbocycles. The van der Waals surface area contributed by atoms with Crippen molar-refractivity contribution in [3.8, 4) is 17.1 Å². The fraction of sp³-hybridized carbons (Fsp3) is 0.0952. The first-order valence-corrected chi connectivity index (χ1v) is 9.16. The van der Waals surface area contributed by atoms with Crippen molar-refractivity contribution in [2.24, 2.45) is 5.10 Å². The molecule has 0 bridgehead atoms. The van der Waals surface area contributed by atoms with E-state index in [9.17, 15) is 9.59 Å². The lowest BCUT2D eigenvalue weighted by atomic mass is 10.2. The molecule has 0 aliphatic carbocycles. The van der Waals surface area contributed by atoms with Crippen LogP contribution in [0, 0.1) is 0 Å². The second-order valence-corrected chi connectivity index (χ2v) is 6.26. The van der Waals surface area contributed by atoms with E-state index in [1.165, 1.54) is 6.21 Å². The molecular weight excluding hydrogens is 394 g/mol. The van der Waals surface area contributed by atoms with Crippen molar-refractivity contribution in [2.75, 3.05) is 11.9 Å². The molecule has 0 unspecified atom stereocenters. The van der Waals surface area contributed by atoms with Gasteiger partial charge in [-0.3, -0.25) is 9.59 Å². The normalized spacial score (nSPS) is 10.7. The predicted octanol–water partition coefficient (Wildman–Crippen LogP) is 4.09. The number of hydrogen-bond donors (Lipinski definition) is 2. The molecule has 148 valence electrons. The van der Waals surface area contributed by atoms with E-state index in [0.717, 1.165) is 5.56 Å². The van der Waals surface area contributed by atoms with Crippen LogP contribution in [0.3, 0.4) is 0 Å². The Hall–Kier alpha value is -3.58. The first-order chi connectivity index (χ1) is 14.0. The van der Waals surface area contributed by atoms with E-state index in [1.807, 2.05) is 19.1 Å². The van der Waals surface area contributed by atoms with Crippen molar-refractivity contribution in [3.05, 3.63) is 71.4 Å². The number of furan rings is 1. The van der Waals surface area contributed by atoms with Gasteiger partial charge in [-0.2, -0.15) is 5.10 Å². The largest absolute Gasteiger partial charge is 0.494 e. The number of nitrogens with one attached hydrogen (secondary N) is 2. The molecule has 29 heavy (non-hydrogen) atoms. The molecular formula is C21H18ClN3O4. The van der Waals surface area contributed by atoms with Gasteiger partial charge in [-0.05, 0) is 55.5 Å². The van der Waals surface area contributed by atoms with Gasteiger partial charge in [0.2, 0.25) is 0 Å². The van der Waals surface area contributed by atoms with Crippen LogP contribution in [-0.2, 0) is 9.59 Å². The van der Waals surface area contributed by atoms with Crippen LogP contribution in [0.25, 0.3) is 11.3 Å². The molecule has 0 saturated carbocycles. The molecule has 8 heteroatoms. The molecule has 0 saturated heterocycles. The van der Waals surface area contributed by atoms with E-state index < -0.39 is 11.8 Å². The minimum absolute atomic E-state index is 0.409. The molecule has 0 aliphatic heterocycles. The highest BCUT2D eigenvalue weighted by Crippen LogP contribution is 2.24. The third-order valence-corrected chi connectivity index (χ3v) is 3.96. The Labute approximate surface area is 172 Å². The fourth-order valence-electron chi connectivity index (χ4n) is 2.41. The molecule has 0 spiro atoms. The average Bonchev–Trinajstić information content (AvgIpc) is 3.18. The van der Waals surface area contributed by atoms with Gasteiger partial charge in [-0.15, -0.1) is 0 Å². The van der Waals surface area contributed by atoms with Crippen molar-refractivity contribution in [1.29, 1.82) is 0 Å². The SMILES string of the molecule is CCOc1ccc(NC(=O)C(=O)N/N=C/c2ccc(-c3cccc(Cl)c3)o2)cc1. The number of carbonyl (C=O) groups is 2. The van der Waals surface area contributed by atoms with Crippen LogP contribution in [0.5, 0.6) is 5.75 Å². The highest BCUT2D eigenvalue weighted by atomic mass is 35.5. The first kappa shape index (κ1) is 20.2. The molecule has 7 nitrogen and oxygen atoms in total. The van der Waals surface area contributed by atoms with Crippen molar-refractivity contribution in [1.82, 2.24) is 5.43 Å². The molecule has 2 N–H and O–H groups in total. The fourth-order valence-corrected chi connectivity index (χ4v) is 2.60. The third-order valence-electron chi connectivity index (χ3n) is 3.72. The van der Waals surface area contributed by atoms with Crippen LogP contribution in [0.2, 0.25) is 5.02 Å². The van der Waals surface area contributed by atoms with E-state index >= 15 is 0 Å². The Morgan fingerprint density at radius 1 is 1.10 bits per heavy atom. The lowest BCUT2D eigenvalue weighted by Gasteiger charge is -2.06. The lowest BCUT2D eigenvalue weighted by Crippen LogP contribution is -2.32. The van der Waals surface area contributed by atoms with Crippen molar-refractivity contribution in [3.63, 3.8) is 0 Å². The van der Waals surface area contributed by atoms with Gasteiger partial charge in [-0.1, -0.05) is 23.7 Å². The average molecular weight is 412 g/mol. The number of halogens is 1. The molecule has 0 radical (unpaired) electrons. The zero-order valence-electron chi connectivity index (χ0n) is 15.5. The van der Waals surface area contributed by atoms with Crippen LogP contribution in [0.1, 0.15) is 12.7 Å². The summed E-state index contributed by atoms with van der Waals surface area (Å²) in [6.45, 7) is 2.42. The van der Waals surface area contributed by atoms with Gasteiger partial charge in [-0.25, -0.2) is 5.43 Å². The molecule has 0 atom stereocenters. The maximum Gasteiger partial charge on any atom is 0.329 e. The van der Waals surface area contributed by atoms with Crippen LogP contribution in [0.4, 0.5) is 5.69 Å². The van der Waals surface area contributed by atoms with Crippen LogP contribution in [-0.4, -0.2) is 24.6 Å². The van der Waals surface area contributed by atoms with Crippen LogP contribution < -0.4 is 15.5 Å². The monoisotopic (exact) mass is 411 g/mol. The summed E-state index contributed by atoms with van der Waals surface area (Å²) in [6, 6.07) is 17.3. The summed E-state index contributed by atoms with van der Waals surface area (Å²) in [4.78, 5) is 23.8. The van der Waals surface area contributed by atoms with E-state index in [4.69, 9.17) is 20.8 Å². The van der Waals surface area contributed by atoms with E-state index in [-0.39, 0.29) is 0 Å². The molecule has 0 aliphatic rings. The number of hydrogen-bond acceptors (Lipinski definition) is 5. The number of amides is 2. The molecule has 1 aromatic heterocycles. The Morgan fingerprint density at radius 3 is 2.62 bits per heavy atom. The van der Waals surface area contributed by atoms with Gasteiger partial charge in [0.25, 0.3) is 0 Å². The summed E-state index contributed by atoms with van der Waals surface area (Å²) in [5.74, 6) is -0.0574. The molecule has 3 aromatic rings. The Morgan fingerprint density at radius 2 is 1.90 bits per heavy atom. The Kier molecular flexibility index (Phi) is 6.65. The number of ether oxygens (including phenoxy) is 1. The van der Waals surface area contributed by atoms with Crippen LogP contribution >= 0.6 is 11.6 Å². The molecule has 1 heterocycles. The van der Waals surface area contributed by atoms with Gasteiger partial charge in [0.05, 0.1) is 12.8 Å². The summed E-state index contributed by atoms with van der Waals surface area (Å²) < 4.78 is 10.9. The zero-order valence-corrected chi connectivity index (χ0v) is 16.3. The summed E-state index contributed by atoms with van der Waals surface area (Å²) in [6.07, 6.45) is 1.30. The Bertz CT molecular complexity index is 1030. The number of hydrazone groups is 1. The zero-order chi connectivity index (χ0) is 20.6. The van der Waals surface area contributed by atoms with Gasteiger partial charge in [0.15, 0.2) is 0 Å². The molecule has 3 rings (SSSR count). The standard InChI is InChI=1S/C21H18ClN3O4/c1-2-28-17-8-6-16(7-9-17)24-20(26)21(27)25-23-13-18-10-11-19(29-18)14-4-3-5-15(22)12-14/h3-13H,2H2,1H3,(H,24,26)(H,25,27)/b23-13+. The topological polar surface area (TPSA) is 92.9 Å². The Balaban J connectivity index is 1.53. The highest BCUT2D eigenvalue weighted by molar-refractivity contribution is 6.39. The number of benzene rings is 2. The quantitative estimate of drug-likeness (QED) is 0.363. The number of carbonyl (C=O) groups excluding carboxylic acids is 2. The minimum atomic E-state index is -0.906. The predicted molar refractivity (Wildman–Crippen MR) is 111 cm³/mol. The van der Waals surface area contributed by atoms with Crippen molar-refractivity contribution in [2.45, 2.75) is 6.92 Å². The summed E-state index contributed by atoms with van der Waals surface area (Å²) in [5.41, 5.74) is 3.44. The maximum atomic E-state index is 11.9.